The predicted octanol–water partition coefficient (Wildman–Crippen LogP) is 4.39. The quantitative estimate of drug-likeness (QED) is 0.672. The fourth-order valence-electron chi connectivity index (χ4n) is 1.22. The molecule has 0 aliphatic rings. The van der Waals surface area contributed by atoms with Crippen LogP contribution < -0.4 is 5.73 Å². The summed E-state index contributed by atoms with van der Waals surface area (Å²) in [5.74, 6) is 0.910. The van der Waals surface area contributed by atoms with Crippen molar-refractivity contribution < 1.29 is 0 Å². The Balaban J connectivity index is 2.11. The van der Waals surface area contributed by atoms with E-state index in [4.69, 9.17) is 5.73 Å². The van der Waals surface area contributed by atoms with Gasteiger partial charge in [-0.2, -0.15) is 0 Å². The number of hydrogen-bond donors (Lipinski definition) is 1. The van der Waals surface area contributed by atoms with Crippen LogP contribution >= 0.6 is 39.0 Å². The lowest BCUT2D eigenvalue weighted by Crippen LogP contribution is -1.93. The van der Waals surface area contributed by atoms with Gasteiger partial charge >= 0.3 is 0 Å². The summed E-state index contributed by atoms with van der Waals surface area (Å²) in [5.41, 5.74) is 7.95. The zero-order chi connectivity index (χ0) is 10.7. The SMILES string of the molecule is Nc1cccc(Br)c1CSc1cccs1. The number of anilines is 1. The molecular formula is C11H10BrNS2. The van der Waals surface area contributed by atoms with Gasteiger partial charge in [-0.25, -0.2) is 0 Å². The van der Waals surface area contributed by atoms with E-state index in [0.717, 1.165) is 15.9 Å². The number of thiophene rings is 1. The Bertz CT molecular complexity index is 420. The van der Waals surface area contributed by atoms with Crippen molar-refractivity contribution in [1.82, 2.24) is 0 Å². The Kier molecular flexibility index (Phi) is 3.72. The monoisotopic (exact) mass is 299 g/mol. The lowest BCUT2D eigenvalue weighted by molar-refractivity contribution is 1.38. The van der Waals surface area contributed by atoms with E-state index in [1.165, 1.54) is 9.77 Å². The second-order valence-corrected chi connectivity index (χ2v) is 6.11. The molecule has 15 heavy (non-hydrogen) atoms. The molecule has 0 aliphatic carbocycles. The molecule has 0 saturated heterocycles. The highest BCUT2D eigenvalue weighted by molar-refractivity contribution is 9.10. The van der Waals surface area contributed by atoms with Gasteiger partial charge in [-0.1, -0.05) is 28.1 Å². The number of rotatable bonds is 3. The molecule has 0 bridgehead atoms. The number of nitrogen functional groups attached to an aromatic ring is 1. The van der Waals surface area contributed by atoms with E-state index in [0.29, 0.717) is 0 Å². The minimum atomic E-state index is 0.855. The molecule has 1 aromatic carbocycles. The number of thioether (sulfide) groups is 1. The number of halogens is 1. The van der Waals surface area contributed by atoms with Crippen LogP contribution in [0.25, 0.3) is 0 Å². The van der Waals surface area contributed by atoms with Crippen LogP contribution in [0, 0.1) is 0 Å². The molecule has 0 atom stereocenters. The van der Waals surface area contributed by atoms with E-state index in [1.807, 2.05) is 30.0 Å². The molecule has 0 radical (unpaired) electrons. The van der Waals surface area contributed by atoms with Crippen molar-refractivity contribution in [3.8, 4) is 0 Å². The van der Waals surface area contributed by atoms with Crippen molar-refractivity contribution in [2.45, 2.75) is 9.96 Å². The summed E-state index contributed by atoms with van der Waals surface area (Å²) in [7, 11) is 0. The first kappa shape index (κ1) is 11.0. The van der Waals surface area contributed by atoms with Crippen LogP contribution in [0.5, 0.6) is 0 Å². The molecule has 0 fully saturated rings. The van der Waals surface area contributed by atoms with E-state index in [2.05, 4.69) is 33.4 Å². The highest BCUT2D eigenvalue weighted by Gasteiger charge is 2.04. The topological polar surface area (TPSA) is 26.0 Å². The van der Waals surface area contributed by atoms with Crippen molar-refractivity contribution in [2.75, 3.05) is 5.73 Å². The summed E-state index contributed by atoms with van der Waals surface area (Å²) in [5, 5.41) is 2.09. The Morgan fingerprint density at radius 1 is 1.27 bits per heavy atom. The third-order valence-electron chi connectivity index (χ3n) is 2.01. The minimum absolute atomic E-state index is 0.855. The summed E-state index contributed by atoms with van der Waals surface area (Å²) < 4.78 is 2.41. The fraction of sp³-hybridized carbons (Fsp3) is 0.0909. The summed E-state index contributed by atoms with van der Waals surface area (Å²) >= 11 is 7.10. The number of hydrogen-bond acceptors (Lipinski definition) is 3. The van der Waals surface area contributed by atoms with E-state index >= 15 is 0 Å². The van der Waals surface area contributed by atoms with Crippen LogP contribution in [0.1, 0.15) is 5.56 Å². The van der Waals surface area contributed by atoms with Crippen molar-refractivity contribution in [3.63, 3.8) is 0 Å². The van der Waals surface area contributed by atoms with Gasteiger partial charge in [0.25, 0.3) is 0 Å². The molecule has 1 nitrogen and oxygen atoms in total. The van der Waals surface area contributed by atoms with Gasteiger partial charge in [0.1, 0.15) is 0 Å². The van der Waals surface area contributed by atoms with E-state index in [-0.39, 0.29) is 0 Å². The van der Waals surface area contributed by atoms with Crippen molar-refractivity contribution in [1.29, 1.82) is 0 Å². The first-order valence-corrected chi connectivity index (χ1v) is 7.12. The maximum Gasteiger partial charge on any atom is 0.0601 e. The minimum Gasteiger partial charge on any atom is -0.398 e. The van der Waals surface area contributed by atoms with Crippen molar-refractivity contribution in [2.24, 2.45) is 0 Å². The Labute approximate surface area is 106 Å². The smallest absolute Gasteiger partial charge is 0.0601 e. The van der Waals surface area contributed by atoms with Gasteiger partial charge in [0.2, 0.25) is 0 Å². The Morgan fingerprint density at radius 2 is 2.13 bits per heavy atom. The summed E-state index contributed by atoms with van der Waals surface area (Å²) in [6.45, 7) is 0. The molecule has 1 aromatic heterocycles. The van der Waals surface area contributed by atoms with Crippen molar-refractivity contribution >= 4 is 44.7 Å². The van der Waals surface area contributed by atoms with Crippen LogP contribution in [-0.2, 0) is 5.75 Å². The molecule has 0 amide bonds. The number of nitrogens with two attached hydrogens (primary N) is 1. The molecule has 78 valence electrons. The van der Waals surface area contributed by atoms with E-state index in [9.17, 15) is 0 Å². The molecule has 4 heteroatoms. The molecule has 0 unspecified atom stereocenters. The van der Waals surface area contributed by atoms with Crippen molar-refractivity contribution in [3.05, 3.63) is 45.7 Å². The van der Waals surface area contributed by atoms with Gasteiger partial charge in [-0.3, -0.25) is 0 Å². The molecule has 0 saturated carbocycles. The second-order valence-electron chi connectivity index (χ2n) is 3.03. The Morgan fingerprint density at radius 3 is 2.80 bits per heavy atom. The summed E-state index contributed by atoms with van der Waals surface area (Å²) in [6, 6.07) is 10.1. The molecule has 1 heterocycles. The highest BCUT2D eigenvalue weighted by atomic mass is 79.9. The van der Waals surface area contributed by atoms with Crippen LogP contribution in [-0.4, -0.2) is 0 Å². The first-order valence-electron chi connectivity index (χ1n) is 4.46. The fourth-order valence-corrected chi connectivity index (χ4v) is 3.77. The van der Waals surface area contributed by atoms with E-state index in [1.54, 1.807) is 11.3 Å². The zero-order valence-electron chi connectivity index (χ0n) is 7.94. The average Bonchev–Trinajstić information content (AvgIpc) is 2.70. The highest BCUT2D eigenvalue weighted by Crippen LogP contribution is 2.32. The average molecular weight is 300 g/mol. The molecule has 0 spiro atoms. The summed E-state index contributed by atoms with van der Waals surface area (Å²) in [6.07, 6.45) is 0. The van der Waals surface area contributed by atoms with Crippen LogP contribution in [0.3, 0.4) is 0 Å². The van der Waals surface area contributed by atoms with Gasteiger partial charge < -0.3 is 5.73 Å². The normalized spacial score (nSPS) is 10.5. The number of benzene rings is 1. The maximum absolute atomic E-state index is 5.92. The Hall–Kier alpha value is -0.450. The summed E-state index contributed by atoms with van der Waals surface area (Å²) in [4.78, 5) is 0. The standard InChI is InChI=1S/C11H10BrNS2/c12-9-3-1-4-10(13)8(9)7-15-11-5-2-6-14-11/h1-6H,7,13H2. The molecule has 2 N–H and O–H groups in total. The lowest BCUT2D eigenvalue weighted by Gasteiger charge is -2.06. The van der Waals surface area contributed by atoms with Gasteiger partial charge in [-0.05, 0) is 29.1 Å². The van der Waals surface area contributed by atoms with Crippen LogP contribution in [0.15, 0.2) is 44.4 Å². The molecule has 0 aliphatic heterocycles. The first-order chi connectivity index (χ1) is 7.27. The third-order valence-corrected chi connectivity index (χ3v) is 4.91. The zero-order valence-corrected chi connectivity index (χ0v) is 11.2. The van der Waals surface area contributed by atoms with Gasteiger partial charge in [0.15, 0.2) is 0 Å². The molecular weight excluding hydrogens is 290 g/mol. The largest absolute Gasteiger partial charge is 0.398 e. The van der Waals surface area contributed by atoms with Gasteiger partial charge in [0, 0.05) is 15.9 Å². The predicted molar refractivity (Wildman–Crippen MR) is 72.4 cm³/mol. The maximum atomic E-state index is 5.92. The van der Waals surface area contributed by atoms with E-state index < -0.39 is 0 Å². The molecule has 2 aromatic rings. The molecule has 2 rings (SSSR count). The van der Waals surface area contributed by atoms with Crippen LogP contribution in [0.2, 0.25) is 0 Å². The lowest BCUT2D eigenvalue weighted by atomic mass is 10.2. The second kappa shape index (κ2) is 5.05. The van der Waals surface area contributed by atoms with Gasteiger partial charge in [0.05, 0.1) is 4.21 Å². The van der Waals surface area contributed by atoms with Crippen LogP contribution in [0.4, 0.5) is 5.69 Å². The van der Waals surface area contributed by atoms with Gasteiger partial charge in [-0.15, -0.1) is 23.1 Å². The third kappa shape index (κ3) is 2.77.